The van der Waals surface area contributed by atoms with Gasteiger partial charge >= 0.3 is 0 Å². The summed E-state index contributed by atoms with van der Waals surface area (Å²) in [5, 5.41) is 11.0. The normalized spacial score (nSPS) is 13.2. The highest BCUT2D eigenvalue weighted by Crippen LogP contribution is 1.93. The Morgan fingerprint density at radius 1 is 1.54 bits per heavy atom. The Morgan fingerprint density at radius 3 is 2.85 bits per heavy atom. The lowest BCUT2D eigenvalue weighted by molar-refractivity contribution is -0.113. The van der Waals surface area contributed by atoms with E-state index in [1.165, 1.54) is 0 Å². The molecular weight excluding hydrogens is 172 g/mol. The van der Waals surface area contributed by atoms with Crippen molar-refractivity contribution in [2.75, 3.05) is 13.7 Å². The first-order valence-electron chi connectivity index (χ1n) is 4.11. The maximum atomic E-state index is 5.28. The van der Waals surface area contributed by atoms with Gasteiger partial charge in [0.1, 0.15) is 5.82 Å². The van der Waals surface area contributed by atoms with E-state index in [1.807, 2.05) is 13.8 Å². The molecule has 1 aromatic rings. The largest absolute Gasteiger partial charge is 0.356 e. The van der Waals surface area contributed by atoms with Gasteiger partial charge in [-0.3, -0.25) is 0 Å². The van der Waals surface area contributed by atoms with Gasteiger partial charge in [0.25, 0.3) is 0 Å². The minimum atomic E-state index is -0.184. The molecule has 0 aliphatic rings. The predicted octanol–water partition coefficient (Wildman–Crippen LogP) is -0.00948. The van der Waals surface area contributed by atoms with Gasteiger partial charge in [0.15, 0.2) is 6.29 Å². The summed E-state index contributed by atoms with van der Waals surface area (Å²) >= 11 is 0. The van der Waals surface area contributed by atoms with E-state index in [0.29, 0.717) is 13.2 Å². The van der Waals surface area contributed by atoms with Crippen LogP contribution in [0.25, 0.3) is 0 Å². The molecule has 1 aromatic heterocycles. The molecule has 0 aliphatic heterocycles. The van der Waals surface area contributed by atoms with Crippen LogP contribution >= 0.6 is 0 Å². The van der Waals surface area contributed by atoms with Gasteiger partial charge in [-0.05, 0) is 24.3 Å². The molecular formula is C7H14N4O2. The van der Waals surface area contributed by atoms with Gasteiger partial charge in [0.05, 0.1) is 13.2 Å². The van der Waals surface area contributed by atoms with Crippen molar-refractivity contribution < 1.29 is 9.47 Å². The predicted molar refractivity (Wildman–Crippen MR) is 45.0 cm³/mol. The van der Waals surface area contributed by atoms with Gasteiger partial charge < -0.3 is 9.47 Å². The Kier molecular flexibility index (Phi) is 3.78. The molecule has 0 radical (unpaired) electrons. The first-order chi connectivity index (χ1) is 6.24. The summed E-state index contributed by atoms with van der Waals surface area (Å²) < 4.78 is 11.9. The van der Waals surface area contributed by atoms with E-state index in [-0.39, 0.29) is 6.29 Å². The van der Waals surface area contributed by atoms with Crippen molar-refractivity contribution in [2.45, 2.75) is 26.7 Å². The van der Waals surface area contributed by atoms with Crippen LogP contribution in [-0.2, 0) is 16.0 Å². The van der Waals surface area contributed by atoms with Crippen LogP contribution in [0.3, 0.4) is 0 Å². The maximum absolute atomic E-state index is 5.28. The first kappa shape index (κ1) is 10.1. The molecule has 0 aliphatic carbocycles. The highest BCUT2D eigenvalue weighted by molar-refractivity contribution is 4.72. The molecule has 6 nitrogen and oxygen atoms in total. The highest BCUT2D eigenvalue weighted by atomic mass is 16.7. The summed E-state index contributed by atoms with van der Waals surface area (Å²) in [6, 6.07) is 0. The molecule has 0 spiro atoms. The van der Waals surface area contributed by atoms with Crippen LogP contribution in [-0.4, -0.2) is 40.2 Å². The van der Waals surface area contributed by atoms with E-state index < -0.39 is 0 Å². The number of aryl methyl sites for hydroxylation is 1. The molecule has 13 heavy (non-hydrogen) atoms. The zero-order chi connectivity index (χ0) is 9.68. The fraction of sp³-hybridized carbons (Fsp3) is 0.857. The third-order valence-electron chi connectivity index (χ3n) is 1.70. The molecule has 1 rings (SSSR count). The van der Waals surface area contributed by atoms with E-state index in [9.17, 15) is 0 Å². The lowest BCUT2D eigenvalue weighted by Gasteiger charge is -2.10. The summed E-state index contributed by atoms with van der Waals surface area (Å²) in [6.07, 6.45) is -0.184. The molecule has 0 fully saturated rings. The van der Waals surface area contributed by atoms with Crippen LogP contribution in [0.1, 0.15) is 12.7 Å². The molecule has 74 valence electrons. The lowest BCUT2D eigenvalue weighted by Crippen LogP contribution is -2.16. The number of rotatable bonds is 5. The third-order valence-corrected chi connectivity index (χ3v) is 1.70. The van der Waals surface area contributed by atoms with Crippen molar-refractivity contribution >= 4 is 0 Å². The summed E-state index contributed by atoms with van der Waals surface area (Å²) in [4.78, 5) is 0. The standard InChI is InChI=1S/C7H14N4O2/c1-6-8-9-10-11(6)4-5-13-7(2)12-3/h7H,4-5H2,1-3H3. The Bertz CT molecular complexity index is 250. The van der Waals surface area contributed by atoms with Crippen LogP contribution in [0, 0.1) is 6.92 Å². The summed E-state index contributed by atoms with van der Waals surface area (Å²) in [7, 11) is 1.60. The van der Waals surface area contributed by atoms with Crippen LogP contribution in [0.15, 0.2) is 0 Å². The number of hydrogen-bond acceptors (Lipinski definition) is 5. The molecule has 0 amide bonds. The summed E-state index contributed by atoms with van der Waals surface area (Å²) in [5.74, 6) is 0.786. The van der Waals surface area contributed by atoms with Gasteiger partial charge in [-0.2, -0.15) is 0 Å². The van der Waals surface area contributed by atoms with Gasteiger partial charge in [0, 0.05) is 7.11 Å². The van der Waals surface area contributed by atoms with Crippen molar-refractivity contribution in [1.82, 2.24) is 20.2 Å². The first-order valence-corrected chi connectivity index (χ1v) is 4.11. The van der Waals surface area contributed by atoms with Crippen LogP contribution in [0.5, 0.6) is 0 Å². The molecule has 0 saturated carbocycles. The second-order valence-corrected chi connectivity index (χ2v) is 2.62. The molecule has 1 unspecified atom stereocenters. The molecule has 0 N–H and O–H groups in total. The minimum absolute atomic E-state index is 0.184. The third kappa shape index (κ3) is 3.08. The molecule has 0 saturated heterocycles. The second-order valence-electron chi connectivity index (χ2n) is 2.62. The Morgan fingerprint density at radius 2 is 2.31 bits per heavy atom. The average Bonchev–Trinajstić information content (AvgIpc) is 2.52. The van der Waals surface area contributed by atoms with Gasteiger partial charge in [0.2, 0.25) is 0 Å². The van der Waals surface area contributed by atoms with Crippen molar-refractivity contribution in [3.05, 3.63) is 5.82 Å². The monoisotopic (exact) mass is 186 g/mol. The van der Waals surface area contributed by atoms with Gasteiger partial charge in [-0.15, -0.1) is 5.10 Å². The Balaban J connectivity index is 2.24. The minimum Gasteiger partial charge on any atom is -0.356 e. The second kappa shape index (κ2) is 4.88. The summed E-state index contributed by atoms with van der Waals surface area (Å²) in [5.41, 5.74) is 0. The zero-order valence-corrected chi connectivity index (χ0v) is 8.10. The smallest absolute Gasteiger partial charge is 0.154 e. The quantitative estimate of drug-likeness (QED) is 0.605. The van der Waals surface area contributed by atoms with Crippen LogP contribution in [0.4, 0.5) is 0 Å². The fourth-order valence-corrected chi connectivity index (χ4v) is 0.829. The van der Waals surface area contributed by atoms with E-state index >= 15 is 0 Å². The summed E-state index contributed by atoms with van der Waals surface area (Å²) in [6.45, 7) is 4.87. The zero-order valence-electron chi connectivity index (χ0n) is 8.10. The maximum Gasteiger partial charge on any atom is 0.154 e. The van der Waals surface area contributed by atoms with E-state index in [2.05, 4.69) is 15.5 Å². The number of nitrogens with zero attached hydrogens (tertiary/aromatic N) is 4. The number of ether oxygens (including phenoxy) is 2. The SMILES string of the molecule is COC(C)OCCn1nnnc1C. The number of aromatic nitrogens is 4. The molecule has 0 bridgehead atoms. The Hall–Kier alpha value is -1.01. The van der Waals surface area contributed by atoms with Crippen molar-refractivity contribution in [1.29, 1.82) is 0 Å². The van der Waals surface area contributed by atoms with Crippen LogP contribution < -0.4 is 0 Å². The molecule has 0 aromatic carbocycles. The van der Waals surface area contributed by atoms with Crippen molar-refractivity contribution in [2.24, 2.45) is 0 Å². The topological polar surface area (TPSA) is 62.1 Å². The van der Waals surface area contributed by atoms with Gasteiger partial charge in [-0.1, -0.05) is 0 Å². The fourth-order valence-electron chi connectivity index (χ4n) is 0.829. The number of hydrogen-bond donors (Lipinski definition) is 0. The van der Waals surface area contributed by atoms with Gasteiger partial charge in [-0.25, -0.2) is 4.68 Å². The van der Waals surface area contributed by atoms with E-state index in [1.54, 1.807) is 11.8 Å². The number of methoxy groups -OCH3 is 1. The van der Waals surface area contributed by atoms with Crippen molar-refractivity contribution in [3.8, 4) is 0 Å². The lowest BCUT2D eigenvalue weighted by atomic mass is 10.6. The Labute approximate surface area is 76.8 Å². The molecule has 1 atom stereocenters. The van der Waals surface area contributed by atoms with E-state index in [0.717, 1.165) is 5.82 Å². The number of tetrazole rings is 1. The molecule has 1 heterocycles. The van der Waals surface area contributed by atoms with Crippen LogP contribution in [0.2, 0.25) is 0 Å². The van der Waals surface area contributed by atoms with E-state index in [4.69, 9.17) is 9.47 Å². The average molecular weight is 186 g/mol. The van der Waals surface area contributed by atoms with Crippen molar-refractivity contribution in [3.63, 3.8) is 0 Å². The molecule has 6 heteroatoms. The highest BCUT2D eigenvalue weighted by Gasteiger charge is 2.01.